The number of amides is 3. The Morgan fingerprint density at radius 1 is 0.949 bits per heavy atom. The van der Waals surface area contributed by atoms with Gasteiger partial charge in [0.15, 0.2) is 0 Å². The molecule has 0 saturated heterocycles. The molecule has 9 heteroatoms. The van der Waals surface area contributed by atoms with E-state index in [1.165, 1.54) is 16.5 Å². The van der Waals surface area contributed by atoms with Crippen molar-refractivity contribution in [2.75, 3.05) is 10.2 Å². The third kappa shape index (κ3) is 6.67. The van der Waals surface area contributed by atoms with Crippen LogP contribution in [-0.4, -0.2) is 38.3 Å². The summed E-state index contributed by atoms with van der Waals surface area (Å²) in [6.45, 7) is 9.07. The molecule has 9 nitrogen and oxygen atoms in total. The predicted molar refractivity (Wildman–Crippen MR) is 152 cm³/mol. The Morgan fingerprint density at radius 3 is 2.23 bits per heavy atom. The van der Waals surface area contributed by atoms with Crippen LogP contribution in [0.4, 0.5) is 11.4 Å². The summed E-state index contributed by atoms with van der Waals surface area (Å²) in [5, 5.41) is 14.2. The molecule has 0 bridgehead atoms. The smallest absolute Gasteiger partial charge is 0.249 e. The average Bonchev–Trinajstić information content (AvgIpc) is 3.29. The number of rotatable bonds is 8. The lowest BCUT2D eigenvalue weighted by atomic mass is 9.99. The van der Waals surface area contributed by atoms with E-state index < -0.39 is 11.6 Å². The lowest BCUT2D eigenvalue weighted by Crippen LogP contribution is -2.50. The van der Waals surface area contributed by atoms with Crippen molar-refractivity contribution in [3.63, 3.8) is 0 Å². The fraction of sp³-hybridized carbons (Fsp3) is 0.300. The molecule has 39 heavy (non-hydrogen) atoms. The van der Waals surface area contributed by atoms with Crippen LogP contribution in [0.1, 0.15) is 51.8 Å². The fourth-order valence-corrected chi connectivity index (χ4v) is 4.38. The van der Waals surface area contributed by atoms with Gasteiger partial charge in [0.25, 0.3) is 0 Å². The number of aryl methyl sites for hydroxylation is 1. The fourth-order valence-electron chi connectivity index (χ4n) is 4.38. The lowest BCUT2D eigenvalue weighted by molar-refractivity contribution is -0.128. The van der Waals surface area contributed by atoms with Gasteiger partial charge in [0.05, 0.1) is 5.52 Å². The molecule has 2 N–H and O–H groups in total. The Labute approximate surface area is 228 Å². The molecule has 3 amide bonds. The van der Waals surface area contributed by atoms with Gasteiger partial charge in [-0.3, -0.25) is 19.3 Å². The van der Waals surface area contributed by atoms with Gasteiger partial charge in [0.1, 0.15) is 18.1 Å². The minimum absolute atomic E-state index is 0.125. The lowest BCUT2D eigenvalue weighted by Gasteiger charge is -2.34. The number of nitrogens with one attached hydrogen (secondary N) is 2. The first-order chi connectivity index (χ1) is 18.6. The summed E-state index contributed by atoms with van der Waals surface area (Å²) in [5.41, 5.74) is 3.77. The van der Waals surface area contributed by atoms with Crippen molar-refractivity contribution < 1.29 is 14.4 Å². The zero-order chi connectivity index (χ0) is 28.2. The van der Waals surface area contributed by atoms with E-state index in [4.69, 9.17) is 0 Å². The summed E-state index contributed by atoms with van der Waals surface area (Å²) < 4.78 is 1.54. The van der Waals surface area contributed by atoms with Crippen LogP contribution in [-0.2, 0) is 27.3 Å². The van der Waals surface area contributed by atoms with Crippen LogP contribution in [0.25, 0.3) is 11.0 Å². The first kappa shape index (κ1) is 27.5. The van der Waals surface area contributed by atoms with Gasteiger partial charge in [-0.2, -0.15) is 0 Å². The highest BCUT2D eigenvalue weighted by Crippen LogP contribution is 2.31. The molecule has 4 rings (SSSR count). The summed E-state index contributed by atoms with van der Waals surface area (Å²) in [6.07, 6.45) is 0.853. The van der Waals surface area contributed by atoms with Gasteiger partial charge in [-0.1, -0.05) is 48.5 Å². The first-order valence-corrected chi connectivity index (χ1v) is 12.9. The summed E-state index contributed by atoms with van der Waals surface area (Å²) in [5.74, 6) is -0.853. The maximum atomic E-state index is 14.1. The van der Waals surface area contributed by atoms with Crippen molar-refractivity contribution in [3.05, 3.63) is 83.9 Å². The Balaban J connectivity index is 1.81. The highest BCUT2D eigenvalue weighted by molar-refractivity contribution is 6.02. The molecule has 3 aromatic carbocycles. The van der Waals surface area contributed by atoms with Crippen molar-refractivity contribution in [1.82, 2.24) is 20.3 Å². The van der Waals surface area contributed by atoms with Gasteiger partial charge < -0.3 is 10.6 Å². The van der Waals surface area contributed by atoms with Crippen LogP contribution in [0.5, 0.6) is 0 Å². The predicted octanol–water partition coefficient (Wildman–Crippen LogP) is 4.64. The molecule has 0 radical (unpaired) electrons. The summed E-state index contributed by atoms with van der Waals surface area (Å²) >= 11 is 0. The standard InChI is InChI=1S/C30H34N6O3/c1-6-21-11-13-22(14-12-21)28(29(39)32-30(3,4)5)36(24-17-15-23(16-18-24)31-20(2)37)27(38)19-35-26-10-8-7-9-25(26)33-34-35/h7-18,28H,6,19H2,1-5H3,(H,31,37)(H,32,39)/t28-/m0/s1. The molecule has 1 aromatic heterocycles. The molecule has 0 unspecified atom stereocenters. The normalized spacial score (nSPS) is 12.1. The Kier molecular flexibility index (Phi) is 8.09. The zero-order valence-corrected chi connectivity index (χ0v) is 22.9. The third-order valence-electron chi connectivity index (χ3n) is 6.15. The number of nitrogens with zero attached hydrogens (tertiary/aromatic N) is 4. The van der Waals surface area contributed by atoms with Crippen molar-refractivity contribution >= 4 is 40.1 Å². The van der Waals surface area contributed by atoms with Gasteiger partial charge in [-0.15, -0.1) is 5.10 Å². The second kappa shape index (κ2) is 11.5. The average molecular weight is 527 g/mol. The minimum Gasteiger partial charge on any atom is -0.349 e. The number of benzene rings is 3. The molecule has 202 valence electrons. The van der Waals surface area contributed by atoms with E-state index in [1.54, 1.807) is 24.3 Å². The highest BCUT2D eigenvalue weighted by Gasteiger charge is 2.35. The molecule has 0 aliphatic carbocycles. The Bertz CT molecular complexity index is 1470. The molecule has 0 aliphatic heterocycles. The molecule has 1 heterocycles. The largest absolute Gasteiger partial charge is 0.349 e. The maximum Gasteiger partial charge on any atom is 0.249 e. The van der Waals surface area contributed by atoms with Gasteiger partial charge >= 0.3 is 0 Å². The highest BCUT2D eigenvalue weighted by atomic mass is 16.2. The number of fused-ring (bicyclic) bond motifs is 1. The van der Waals surface area contributed by atoms with E-state index in [1.807, 2.05) is 69.3 Å². The maximum absolute atomic E-state index is 14.1. The number of hydrogen-bond donors (Lipinski definition) is 2. The molecule has 0 saturated carbocycles. The molecular weight excluding hydrogens is 492 g/mol. The van der Waals surface area contributed by atoms with Crippen LogP contribution in [0, 0.1) is 0 Å². The van der Waals surface area contributed by atoms with Gasteiger partial charge in [-0.05, 0) is 74.7 Å². The summed E-state index contributed by atoms with van der Waals surface area (Å²) in [4.78, 5) is 41.0. The van der Waals surface area contributed by atoms with Crippen molar-refractivity contribution in [3.8, 4) is 0 Å². The monoisotopic (exact) mass is 526 g/mol. The van der Waals surface area contributed by atoms with Gasteiger partial charge in [-0.25, -0.2) is 4.68 Å². The van der Waals surface area contributed by atoms with E-state index in [0.717, 1.165) is 17.5 Å². The van der Waals surface area contributed by atoms with Crippen molar-refractivity contribution in [2.45, 2.75) is 59.2 Å². The van der Waals surface area contributed by atoms with Crippen molar-refractivity contribution in [1.29, 1.82) is 0 Å². The van der Waals surface area contributed by atoms with Crippen LogP contribution in [0.3, 0.4) is 0 Å². The molecule has 0 spiro atoms. The van der Waals surface area contributed by atoms with E-state index in [2.05, 4.69) is 27.9 Å². The second-order valence-corrected chi connectivity index (χ2v) is 10.5. The molecule has 0 aliphatic rings. The van der Waals surface area contributed by atoms with E-state index in [9.17, 15) is 14.4 Å². The van der Waals surface area contributed by atoms with Gasteiger partial charge in [0, 0.05) is 23.8 Å². The Hall–Kier alpha value is -4.53. The minimum atomic E-state index is -0.955. The van der Waals surface area contributed by atoms with Crippen LogP contribution in [0.15, 0.2) is 72.8 Å². The zero-order valence-electron chi connectivity index (χ0n) is 22.9. The van der Waals surface area contributed by atoms with Gasteiger partial charge in [0.2, 0.25) is 17.7 Å². The number of anilines is 2. The number of carbonyl (C=O) groups is 3. The summed E-state index contributed by atoms with van der Waals surface area (Å²) in [7, 11) is 0. The number of carbonyl (C=O) groups excluding carboxylic acids is 3. The topological polar surface area (TPSA) is 109 Å². The van der Waals surface area contributed by atoms with Crippen LogP contribution in [0.2, 0.25) is 0 Å². The van der Waals surface area contributed by atoms with Crippen LogP contribution < -0.4 is 15.5 Å². The molecular formula is C30H34N6O3. The quantitative estimate of drug-likeness (QED) is 0.348. The van der Waals surface area contributed by atoms with Crippen LogP contribution >= 0.6 is 0 Å². The summed E-state index contributed by atoms with van der Waals surface area (Å²) in [6, 6.07) is 21.0. The second-order valence-electron chi connectivity index (χ2n) is 10.5. The number of para-hydroxylation sites is 1. The number of aromatic nitrogens is 3. The van der Waals surface area contributed by atoms with E-state index in [-0.39, 0.29) is 24.3 Å². The van der Waals surface area contributed by atoms with E-state index >= 15 is 0 Å². The third-order valence-corrected chi connectivity index (χ3v) is 6.15. The molecule has 1 atom stereocenters. The Morgan fingerprint density at radius 2 is 1.62 bits per heavy atom. The number of hydrogen-bond acceptors (Lipinski definition) is 5. The first-order valence-electron chi connectivity index (χ1n) is 12.9. The van der Waals surface area contributed by atoms with Crippen molar-refractivity contribution in [2.24, 2.45) is 0 Å². The SMILES string of the molecule is CCc1ccc([C@@H](C(=O)NC(C)(C)C)N(C(=O)Cn2nnc3ccccc32)c2ccc(NC(C)=O)cc2)cc1. The molecule has 4 aromatic rings. The van der Waals surface area contributed by atoms with E-state index in [0.29, 0.717) is 22.5 Å². The molecule has 0 fully saturated rings.